The molecule has 0 saturated carbocycles. The van der Waals surface area contributed by atoms with Crippen LogP contribution in [0.1, 0.15) is 30.0 Å². The van der Waals surface area contributed by atoms with Crippen molar-refractivity contribution < 1.29 is 14.3 Å². The number of hydrogen-bond donors (Lipinski definition) is 1. The van der Waals surface area contributed by atoms with E-state index in [0.717, 1.165) is 34.6 Å². The van der Waals surface area contributed by atoms with Crippen LogP contribution in [0.5, 0.6) is 11.5 Å². The summed E-state index contributed by atoms with van der Waals surface area (Å²) in [6.45, 7) is 8.45. The van der Waals surface area contributed by atoms with Gasteiger partial charge in [-0.25, -0.2) is 0 Å². The molecule has 2 aromatic rings. The molecular formula is C21H27NO3. The second-order valence-electron chi connectivity index (χ2n) is 6.31. The number of para-hydroxylation sites is 1. The summed E-state index contributed by atoms with van der Waals surface area (Å²) in [5, 5.41) is 2.97. The van der Waals surface area contributed by atoms with Crippen molar-refractivity contribution in [1.82, 2.24) is 5.32 Å². The number of hydrogen-bond acceptors (Lipinski definition) is 3. The highest BCUT2D eigenvalue weighted by atomic mass is 16.5. The summed E-state index contributed by atoms with van der Waals surface area (Å²) >= 11 is 0. The SMILES string of the molecule is CC[C@H](COc1cccc(C)c1)NC(=O)COc1c(C)cccc1C. The summed E-state index contributed by atoms with van der Waals surface area (Å²) in [5.74, 6) is 1.46. The molecule has 1 N–H and O–H groups in total. The minimum absolute atomic E-state index is 0.00659. The molecule has 1 atom stereocenters. The molecule has 0 spiro atoms. The van der Waals surface area contributed by atoms with E-state index in [1.54, 1.807) is 0 Å². The monoisotopic (exact) mass is 341 g/mol. The summed E-state index contributed by atoms with van der Waals surface area (Å²) in [6, 6.07) is 13.8. The quantitative estimate of drug-likeness (QED) is 0.790. The molecule has 4 nitrogen and oxygen atoms in total. The van der Waals surface area contributed by atoms with Gasteiger partial charge in [-0.2, -0.15) is 0 Å². The Morgan fingerprint density at radius 1 is 1.04 bits per heavy atom. The minimum atomic E-state index is -0.137. The van der Waals surface area contributed by atoms with Crippen LogP contribution in [-0.2, 0) is 4.79 Å². The maximum absolute atomic E-state index is 12.2. The summed E-state index contributed by atoms with van der Waals surface area (Å²) < 4.78 is 11.5. The zero-order chi connectivity index (χ0) is 18.2. The molecule has 25 heavy (non-hydrogen) atoms. The van der Waals surface area contributed by atoms with E-state index in [9.17, 15) is 4.79 Å². The molecule has 0 aliphatic heterocycles. The molecule has 0 fully saturated rings. The highest BCUT2D eigenvalue weighted by Crippen LogP contribution is 2.22. The average Bonchev–Trinajstić information content (AvgIpc) is 2.58. The number of carbonyl (C=O) groups is 1. The van der Waals surface area contributed by atoms with Crippen LogP contribution >= 0.6 is 0 Å². The Bertz CT molecular complexity index is 692. The summed E-state index contributed by atoms with van der Waals surface area (Å²) in [5.41, 5.74) is 3.21. The van der Waals surface area contributed by atoms with E-state index >= 15 is 0 Å². The van der Waals surface area contributed by atoms with Gasteiger partial charge in [0.2, 0.25) is 0 Å². The second-order valence-corrected chi connectivity index (χ2v) is 6.31. The van der Waals surface area contributed by atoms with Crippen LogP contribution in [0.3, 0.4) is 0 Å². The van der Waals surface area contributed by atoms with Crippen molar-refractivity contribution in [2.45, 2.75) is 40.2 Å². The Labute approximate surface area is 150 Å². The molecule has 0 bridgehead atoms. The topological polar surface area (TPSA) is 47.6 Å². The van der Waals surface area contributed by atoms with E-state index in [1.165, 1.54) is 0 Å². The predicted molar refractivity (Wildman–Crippen MR) is 100 cm³/mol. The lowest BCUT2D eigenvalue weighted by Gasteiger charge is -2.18. The molecule has 0 aliphatic carbocycles. The van der Waals surface area contributed by atoms with Gasteiger partial charge in [-0.15, -0.1) is 0 Å². The Morgan fingerprint density at radius 2 is 1.72 bits per heavy atom. The number of benzene rings is 2. The molecular weight excluding hydrogens is 314 g/mol. The van der Waals surface area contributed by atoms with Crippen LogP contribution in [0.4, 0.5) is 0 Å². The van der Waals surface area contributed by atoms with Crippen molar-refractivity contribution in [3.05, 3.63) is 59.2 Å². The normalized spacial score (nSPS) is 11.7. The van der Waals surface area contributed by atoms with E-state index in [-0.39, 0.29) is 18.6 Å². The lowest BCUT2D eigenvalue weighted by molar-refractivity contribution is -0.124. The second kappa shape index (κ2) is 9.11. The first kappa shape index (κ1) is 18.8. The van der Waals surface area contributed by atoms with Crippen LogP contribution in [0.2, 0.25) is 0 Å². The van der Waals surface area contributed by atoms with Crippen LogP contribution in [0.15, 0.2) is 42.5 Å². The van der Waals surface area contributed by atoms with Crippen molar-refractivity contribution in [3.63, 3.8) is 0 Å². The molecule has 0 radical (unpaired) electrons. The van der Waals surface area contributed by atoms with Gasteiger partial charge in [0, 0.05) is 0 Å². The Morgan fingerprint density at radius 3 is 2.36 bits per heavy atom. The van der Waals surface area contributed by atoms with Gasteiger partial charge in [0.1, 0.15) is 18.1 Å². The number of carbonyl (C=O) groups excluding carboxylic acids is 1. The van der Waals surface area contributed by atoms with Crippen LogP contribution < -0.4 is 14.8 Å². The van der Waals surface area contributed by atoms with Crippen molar-refractivity contribution in [3.8, 4) is 11.5 Å². The largest absolute Gasteiger partial charge is 0.491 e. The molecule has 0 heterocycles. The lowest BCUT2D eigenvalue weighted by Crippen LogP contribution is -2.41. The van der Waals surface area contributed by atoms with Gasteiger partial charge in [-0.05, 0) is 56.0 Å². The zero-order valence-corrected chi connectivity index (χ0v) is 15.5. The van der Waals surface area contributed by atoms with Gasteiger partial charge in [-0.3, -0.25) is 4.79 Å². The summed E-state index contributed by atoms with van der Waals surface area (Å²) in [6.07, 6.45) is 0.793. The van der Waals surface area contributed by atoms with Gasteiger partial charge in [0.15, 0.2) is 6.61 Å². The smallest absolute Gasteiger partial charge is 0.258 e. The Balaban J connectivity index is 1.83. The highest BCUT2D eigenvalue weighted by Gasteiger charge is 2.13. The first-order valence-electron chi connectivity index (χ1n) is 8.67. The molecule has 1 amide bonds. The molecule has 0 saturated heterocycles. The third kappa shape index (κ3) is 5.82. The van der Waals surface area contributed by atoms with Gasteiger partial charge < -0.3 is 14.8 Å². The van der Waals surface area contributed by atoms with E-state index in [2.05, 4.69) is 5.32 Å². The van der Waals surface area contributed by atoms with Gasteiger partial charge in [0.05, 0.1) is 6.04 Å². The van der Waals surface area contributed by atoms with Crippen molar-refractivity contribution >= 4 is 5.91 Å². The summed E-state index contributed by atoms with van der Waals surface area (Å²) in [7, 11) is 0. The first-order valence-corrected chi connectivity index (χ1v) is 8.67. The first-order chi connectivity index (χ1) is 12.0. The van der Waals surface area contributed by atoms with Crippen molar-refractivity contribution in [2.24, 2.45) is 0 Å². The van der Waals surface area contributed by atoms with Crippen molar-refractivity contribution in [2.75, 3.05) is 13.2 Å². The van der Waals surface area contributed by atoms with Gasteiger partial charge >= 0.3 is 0 Å². The predicted octanol–water partition coefficient (Wildman–Crippen LogP) is 3.96. The zero-order valence-electron chi connectivity index (χ0n) is 15.5. The number of amides is 1. The van der Waals surface area contributed by atoms with Crippen molar-refractivity contribution in [1.29, 1.82) is 0 Å². The average molecular weight is 341 g/mol. The van der Waals surface area contributed by atoms with E-state index in [1.807, 2.05) is 70.2 Å². The number of ether oxygens (including phenoxy) is 2. The fraction of sp³-hybridized carbons (Fsp3) is 0.381. The van der Waals surface area contributed by atoms with E-state index < -0.39 is 0 Å². The minimum Gasteiger partial charge on any atom is -0.491 e. The maximum atomic E-state index is 12.2. The third-order valence-electron chi connectivity index (χ3n) is 4.05. The number of nitrogens with one attached hydrogen (secondary N) is 1. The maximum Gasteiger partial charge on any atom is 0.258 e. The fourth-order valence-corrected chi connectivity index (χ4v) is 2.60. The van der Waals surface area contributed by atoms with Crippen LogP contribution in [0, 0.1) is 20.8 Å². The standard InChI is InChI=1S/C21H27NO3/c1-5-18(13-24-19-11-6-8-15(2)12-19)22-20(23)14-25-21-16(3)9-7-10-17(21)4/h6-12,18H,5,13-14H2,1-4H3,(H,22,23)/t18-/m1/s1. The number of rotatable bonds is 8. The van der Waals surface area contributed by atoms with Crippen LogP contribution in [0.25, 0.3) is 0 Å². The molecule has 2 rings (SSSR count). The Hall–Kier alpha value is -2.49. The summed E-state index contributed by atoms with van der Waals surface area (Å²) in [4.78, 5) is 12.2. The highest BCUT2D eigenvalue weighted by molar-refractivity contribution is 5.78. The van der Waals surface area contributed by atoms with Crippen LogP contribution in [-0.4, -0.2) is 25.2 Å². The molecule has 0 aromatic heterocycles. The van der Waals surface area contributed by atoms with Gasteiger partial charge in [0.25, 0.3) is 5.91 Å². The number of aryl methyl sites for hydroxylation is 3. The fourth-order valence-electron chi connectivity index (χ4n) is 2.60. The molecule has 134 valence electrons. The third-order valence-corrected chi connectivity index (χ3v) is 4.05. The van der Waals surface area contributed by atoms with E-state index in [4.69, 9.17) is 9.47 Å². The molecule has 0 aliphatic rings. The van der Waals surface area contributed by atoms with Gasteiger partial charge in [-0.1, -0.05) is 37.3 Å². The molecule has 4 heteroatoms. The van der Waals surface area contributed by atoms with E-state index in [0.29, 0.717) is 6.61 Å². The Kier molecular flexibility index (Phi) is 6.87. The lowest BCUT2D eigenvalue weighted by atomic mass is 10.1. The molecule has 2 aromatic carbocycles. The molecule has 0 unspecified atom stereocenters.